The van der Waals surface area contributed by atoms with E-state index in [4.69, 9.17) is 0 Å². The number of nitrogens with one attached hydrogen (secondary N) is 1. The van der Waals surface area contributed by atoms with Crippen LogP contribution in [-0.4, -0.2) is 61.0 Å². The summed E-state index contributed by atoms with van der Waals surface area (Å²) in [6.45, 7) is 6.57. The fraction of sp³-hybridized carbons (Fsp3) is 0.933. The molecular formula is C15H27N3O. The van der Waals surface area contributed by atoms with Crippen molar-refractivity contribution in [3.63, 3.8) is 0 Å². The summed E-state index contributed by atoms with van der Waals surface area (Å²) in [5.74, 6) is 0.978. The van der Waals surface area contributed by atoms with Crippen LogP contribution in [0.2, 0.25) is 0 Å². The highest BCUT2D eigenvalue weighted by atomic mass is 16.2. The Bertz CT molecular complexity index is 315. The first-order valence-corrected chi connectivity index (χ1v) is 8.05. The minimum absolute atomic E-state index is 0.405. The summed E-state index contributed by atoms with van der Waals surface area (Å²) >= 11 is 0. The van der Waals surface area contributed by atoms with Crippen molar-refractivity contribution in [2.24, 2.45) is 5.92 Å². The molecule has 4 nitrogen and oxygen atoms in total. The Kier molecular flexibility index (Phi) is 4.38. The van der Waals surface area contributed by atoms with Crippen LogP contribution in [0.4, 0.5) is 0 Å². The standard InChI is InChI=1S/C15H27N3O/c19-15(10-13-4-1-6-16-11-13)18-9-3-8-17-7-2-5-14(17)12-18/h13-14,16H,1-12H2. The molecular weight excluding hydrogens is 238 g/mol. The molecule has 3 fully saturated rings. The van der Waals surface area contributed by atoms with Gasteiger partial charge in [0.15, 0.2) is 0 Å². The van der Waals surface area contributed by atoms with E-state index >= 15 is 0 Å². The smallest absolute Gasteiger partial charge is 0.222 e. The first kappa shape index (κ1) is 13.4. The maximum atomic E-state index is 12.5. The van der Waals surface area contributed by atoms with Crippen LogP contribution in [0, 0.1) is 5.92 Å². The molecule has 0 spiro atoms. The Morgan fingerprint density at radius 2 is 2.00 bits per heavy atom. The van der Waals surface area contributed by atoms with Crippen molar-refractivity contribution < 1.29 is 4.79 Å². The van der Waals surface area contributed by atoms with E-state index < -0.39 is 0 Å². The van der Waals surface area contributed by atoms with Gasteiger partial charge >= 0.3 is 0 Å². The predicted octanol–water partition coefficient (Wildman–Crippen LogP) is 1.07. The second kappa shape index (κ2) is 6.23. The maximum Gasteiger partial charge on any atom is 0.222 e. The van der Waals surface area contributed by atoms with E-state index in [1.165, 1.54) is 38.8 Å². The first-order valence-electron chi connectivity index (χ1n) is 8.05. The number of hydrogen-bond donors (Lipinski definition) is 1. The lowest BCUT2D eigenvalue weighted by atomic mass is 9.95. The summed E-state index contributed by atoms with van der Waals surface area (Å²) in [6.07, 6.45) is 6.98. The average Bonchev–Trinajstić information content (AvgIpc) is 2.77. The van der Waals surface area contributed by atoms with Gasteiger partial charge in [0.25, 0.3) is 0 Å². The minimum atomic E-state index is 0.405. The summed E-state index contributed by atoms with van der Waals surface area (Å²) in [5.41, 5.74) is 0. The molecule has 3 heterocycles. The van der Waals surface area contributed by atoms with Crippen LogP contribution in [0.3, 0.4) is 0 Å². The van der Waals surface area contributed by atoms with Crippen LogP contribution in [0.5, 0.6) is 0 Å². The summed E-state index contributed by atoms with van der Waals surface area (Å²) in [4.78, 5) is 17.2. The van der Waals surface area contributed by atoms with E-state index in [9.17, 15) is 4.79 Å². The molecule has 0 aromatic heterocycles. The fourth-order valence-electron chi connectivity index (χ4n) is 3.91. The Morgan fingerprint density at radius 3 is 2.84 bits per heavy atom. The number of fused-ring (bicyclic) bond motifs is 1. The average molecular weight is 265 g/mol. The van der Waals surface area contributed by atoms with Crippen molar-refractivity contribution in [1.29, 1.82) is 0 Å². The number of amides is 1. The van der Waals surface area contributed by atoms with Gasteiger partial charge in [-0.2, -0.15) is 0 Å². The molecule has 3 aliphatic heterocycles. The zero-order valence-corrected chi connectivity index (χ0v) is 11.9. The van der Waals surface area contributed by atoms with Crippen LogP contribution >= 0.6 is 0 Å². The molecule has 0 bridgehead atoms. The normalized spacial score (nSPS) is 32.9. The number of piperidine rings is 1. The summed E-state index contributed by atoms with van der Waals surface area (Å²) in [7, 11) is 0. The maximum absolute atomic E-state index is 12.5. The lowest BCUT2D eigenvalue weighted by Crippen LogP contribution is -2.41. The molecule has 2 atom stereocenters. The van der Waals surface area contributed by atoms with Gasteiger partial charge in [0.2, 0.25) is 5.91 Å². The van der Waals surface area contributed by atoms with Crippen LogP contribution < -0.4 is 5.32 Å². The molecule has 1 amide bonds. The molecule has 1 N–H and O–H groups in total. The SMILES string of the molecule is O=C(CC1CCCNC1)N1CCCN2CCCC2C1. The molecule has 19 heavy (non-hydrogen) atoms. The molecule has 3 rings (SSSR count). The first-order chi connectivity index (χ1) is 9.33. The van der Waals surface area contributed by atoms with E-state index in [2.05, 4.69) is 15.1 Å². The minimum Gasteiger partial charge on any atom is -0.341 e. The number of nitrogens with zero attached hydrogens (tertiary/aromatic N) is 2. The highest BCUT2D eigenvalue weighted by molar-refractivity contribution is 5.76. The van der Waals surface area contributed by atoms with Crippen molar-refractivity contribution in [2.45, 2.75) is 44.6 Å². The third kappa shape index (κ3) is 3.29. The van der Waals surface area contributed by atoms with Gasteiger partial charge in [0.1, 0.15) is 0 Å². The van der Waals surface area contributed by atoms with Crippen molar-refractivity contribution in [1.82, 2.24) is 15.1 Å². The number of rotatable bonds is 2. The van der Waals surface area contributed by atoms with Gasteiger partial charge in [-0.05, 0) is 57.7 Å². The van der Waals surface area contributed by atoms with Crippen molar-refractivity contribution in [3.05, 3.63) is 0 Å². The quantitative estimate of drug-likeness (QED) is 0.811. The monoisotopic (exact) mass is 265 g/mol. The Labute approximate surface area is 116 Å². The van der Waals surface area contributed by atoms with E-state index in [-0.39, 0.29) is 0 Å². The second-order valence-corrected chi connectivity index (χ2v) is 6.44. The van der Waals surface area contributed by atoms with Crippen molar-refractivity contribution >= 4 is 5.91 Å². The molecule has 0 saturated carbocycles. The molecule has 0 aromatic rings. The summed E-state index contributed by atoms with van der Waals surface area (Å²) in [6, 6.07) is 0.649. The molecule has 4 heteroatoms. The topological polar surface area (TPSA) is 35.6 Å². The number of hydrogen-bond acceptors (Lipinski definition) is 3. The van der Waals surface area contributed by atoms with E-state index in [1.54, 1.807) is 0 Å². The molecule has 3 aliphatic rings. The van der Waals surface area contributed by atoms with Gasteiger partial charge in [-0.3, -0.25) is 9.69 Å². The van der Waals surface area contributed by atoms with Crippen LogP contribution in [-0.2, 0) is 4.79 Å². The Hall–Kier alpha value is -0.610. The fourth-order valence-corrected chi connectivity index (χ4v) is 3.91. The van der Waals surface area contributed by atoms with Gasteiger partial charge in [-0.15, -0.1) is 0 Å². The second-order valence-electron chi connectivity index (χ2n) is 6.44. The van der Waals surface area contributed by atoms with Gasteiger partial charge in [-0.1, -0.05) is 0 Å². The molecule has 2 unspecified atom stereocenters. The summed E-state index contributed by atoms with van der Waals surface area (Å²) < 4.78 is 0. The number of carbonyl (C=O) groups is 1. The van der Waals surface area contributed by atoms with Crippen molar-refractivity contribution in [3.8, 4) is 0 Å². The van der Waals surface area contributed by atoms with Gasteiger partial charge in [0.05, 0.1) is 0 Å². The lowest BCUT2D eigenvalue weighted by Gasteiger charge is -2.28. The predicted molar refractivity (Wildman–Crippen MR) is 76.0 cm³/mol. The van der Waals surface area contributed by atoms with E-state index in [0.29, 0.717) is 17.9 Å². The summed E-state index contributed by atoms with van der Waals surface area (Å²) in [5, 5.41) is 3.41. The van der Waals surface area contributed by atoms with Gasteiger partial charge in [0, 0.05) is 32.1 Å². The van der Waals surface area contributed by atoms with Gasteiger partial charge in [-0.25, -0.2) is 0 Å². The molecule has 0 aliphatic carbocycles. The van der Waals surface area contributed by atoms with Crippen LogP contribution in [0.25, 0.3) is 0 Å². The van der Waals surface area contributed by atoms with Gasteiger partial charge < -0.3 is 10.2 Å². The highest BCUT2D eigenvalue weighted by Crippen LogP contribution is 2.23. The largest absolute Gasteiger partial charge is 0.341 e. The van der Waals surface area contributed by atoms with E-state index in [1.807, 2.05) is 0 Å². The molecule has 108 valence electrons. The number of carbonyl (C=O) groups excluding carboxylic acids is 1. The zero-order valence-electron chi connectivity index (χ0n) is 11.9. The Morgan fingerprint density at radius 1 is 1.11 bits per heavy atom. The lowest BCUT2D eigenvalue weighted by molar-refractivity contribution is -0.132. The van der Waals surface area contributed by atoms with Crippen LogP contribution in [0.15, 0.2) is 0 Å². The molecule has 0 aromatic carbocycles. The van der Waals surface area contributed by atoms with E-state index in [0.717, 1.165) is 39.0 Å². The third-order valence-electron chi connectivity index (χ3n) is 5.02. The Balaban J connectivity index is 1.53. The zero-order chi connectivity index (χ0) is 13.1. The third-order valence-corrected chi connectivity index (χ3v) is 5.02. The molecule has 0 radical (unpaired) electrons. The van der Waals surface area contributed by atoms with Crippen molar-refractivity contribution in [2.75, 3.05) is 39.3 Å². The van der Waals surface area contributed by atoms with Crippen LogP contribution in [0.1, 0.15) is 38.5 Å². The highest BCUT2D eigenvalue weighted by Gasteiger charge is 2.31. The molecule has 3 saturated heterocycles.